The van der Waals surface area contributed by atoms with Crippen LogP contribution >= 0.6 is 0 Å². The number of ether oxygens (including phenoxy) is 3. The largest absolute Gasteiger partial charge is 0.493 e. The zero-order valence-electron chi connectivity index (χ0n) is 15.7. The molecule has 3 aromatic rings. The lowest BCUT2D eigenvalue weighted by Crippen LogP contribution is -2.19. The summed E-state index contributed by atoms with van der Waals surface area (Å²) in [4.78, 5) is 8.94. The van der Waals surface area contributed by atoms with Gasteiger partial charge in [0.25, 0.3) is 0 Å². The second-order valence-electron chi connectivity index (χ2n) is 6.49. The highest BCUT2D eigenvalue weighted by molar-refractivity contribution is 5.77. The summed E-state index contributed by atoms with van der Waals surface area (Å²) < 4.78 is 18.8. The smallest absolute Gasteiger partial charge is 0.162 e. The van der Waals surface area contributed by atoms with Gasteiger partial charge in [-0.15, -0.1) is 6.42 Å². The van der Waals surface area contributed by atoms with E-state index in [9.17, 15) is 0 Å². The molecule has 2 aromatic heterocycles. The minimum Gasteiger partial charge on any atom is -0.493 e. The summed E-state index contributed by atoms with van der Waals surface area (Å²) >= 11 is 0. The maximum Gasteiger partial charge on any atom is 0.162 e. The quantitative estimate of drug-likeness (QED) is 0.638. The van der Waals surface area contributed by atoms with Crippen LogP contribution in [0, 0.1) is 12.3 Å². The zero-order valence-corrected chi connectivity index (χ0v) is 15.7. The number of hydrogen-bond acceptors (Lipinski definition) is 6. The van der Waals surface area contributed by atoms with Crippen molar-refractivity contribution >= 4 is 11.5 Å². The number of methoxy groups -OCH3 is 1. The van der Waals surface area contributed by atoms with Crippen molar-refractivity contribution in [2.24, 2.45) is 0 Å². The van der Waals surface area contributed by atoms with E-state index < -0.39 is 0 Å². The summed E-state index contributed by atoms with van der Waals surface area (Å²) in [5.41, 5.74) is 2.48. The van der Waals surface area contributed by atoms with Crippen LogP contribution in [0.15, 0.2) is 36.8 Å². The molecule has 1 N–H and O–H groups in total. The van der Waals surface area contributed by atoms with Gasteiger partial charge in [0.15, 0.2) is 17.1 Å². The third-order valence-corrected chi connectivity index (χ3v) is 4.70. The molecule has 1 saturated heterocycles. The Labute approximate surface area is 163 Å². The van der Waals surface area contributed by atoms with Crippen molar-refractivity contribution in [1.82, 2.24) is 14.4 Å². The highest BCUT2D eigenvalue weighted by atomic mass is 16.5. The standard InChI is InChI=1S/C21H22N4O3/c1-3-10-28-17-7-6-15(12-18(17)26-2)20-21(23-13-16-5-4-11-27-16)25-9-8-22-14-19(25)24-20/h1,6-9,12,14,16,23H,4-5,10-11,13H2,2H3. The van der Waals surface area contributed by atoms with Crippen LogP contribution in [0.5, 0.6) is 11.5 Å². The van der Waals surface area contributed by atoms with Crippen molar-refractivity contribution in [3.63, 3.8) is 0 Å². The number of rotatable bonds is 7. The number of terminal acetylenes is 1. The number of benzene rings is 1. The van der Waals surface area contributed by atoms with Crippen LogP contribution in [0.2, 0.25) is 0 Å². The van der Waals surface area contributed by atoms with Gasteiger partial charge in [0.1, 0.15) is 18.1 Å². The van der Waals surface area contributed by atoms with Crippen LogP contribution in [-0.4, -0.2) is 47.3 Å². The van der Waals surface area contributed by atoms with Gasteiger partial charge < -0.3 is 19.5 Å². The first-order valence-corrected chi connectivity index (χ1v) is 9.22. The third-order valence-electron chi connectivity index (χ3n) is 4.70. The summed E-state index contributed by atoms with van der Waals surface area (Å²) in [5.74, 6) is 4.56. The number of fused-ring (bicyclic) bond motifs is 1. The van der Waals surface area contributed by atoms with E-state index in [0.717, 1.165) is 48.7 Å². The van der Waals surface area contributed by atoms with Crippen LogP contribution in [-0.2, 0) is 4.74 Å². The van der Waals surface area contributed by atoms with Gasteiger partial charge in [-0.1, -0.05) is 5.92 Å². The highest BCUT2D eigenvalue weighted by Gasteiger charge is 2.20. The molecular weight excluding hydrogens is 356 g/mol. The predicted octanol–water partition coefficient (Wildman–Crippen LogP) is 3.01. The summed E-state index contributed by atoms with van der Waals surface area (Å²) in [6.07, 6.45) is 13.0. The van der Waals surface area contributed by atoms with Gasteiger partial charge >= 0.3 is 0 Å². The Bertz CT molecular complexity index is 1000. The van der Waals surface area contributed by atoms with Crippen LogP contribution in [0.1, 0.15) is 12.8 Å². The average Bonchev–Trinajstić information content (AvgIpc) is 3.38. The van der Waals surface area contributed by atoms with Crippen molar-refractivity contribution in [3.05, 3.63) is 36.8 Å². The molecule has 0 bridgehead atoms. The Hall–Kier alpha value is -3.24. The fraction of sp³-hybridized carbons (Fsp3) is 0.333. The van der Waals surface area contributed by atoms with Gasteiger partial charge in [0, 0.05) is 31.1 Å². The fourth-order valence-corrected chi connectivity index (χ4v) is 3.35. The number of nitrogens with one attached hydrogen (secondary N) is 1. The number of nitrogens with zero attached hydrogens (tertiary/aromatic N) is 3. The van der Waals surface area contributed by atoms with Crippen molar-refractivity contribution in [2.75, 3.05) is 32.2 Å². The minimum atomic E-state index is 0.184. The number of imidazole rings is 1. The molecule has 0 spiro atoms. The second kappa shape index (κ2) is 8.19. The van der Waals surface area contributed by atoms with Gasteiger partial charge in [-0.3, -0.25) is 9.38 Å². The zero-order chi connectivity index (χ0) is 19.3. The van der Waals surface area contributed by atoms with Gasteiger partial charge in [-0.2, -0.15) is 0 Å². The normalized spacial score (nSPS) is 16.1. The Morgan fingerprint density at radius 2 is 2.32 bits per heavy atom. The van der Waals surface area contributed by atoms with Crippen LogP contribution in [0.25, 0.3) is 16.9 Å². The molecule has 0 radical (unpaired) electrons. The summed E-state index contributed by atoms with van der Waals surface area (Å²) in [6.45, 7) is 1.74. The van der Waals surface area contributed by atoms with Crippen molar-refractivity contribution < 1.29 is 14.2 Å². The summed E-state index contributed by atoms with van der Waals surface area (Å²) in [5, 5.41) is 3.51. The van der Waals surface area contributed by atoms with E-state index in [0.29, 0.717) is 11.5 Å². The van der Waals surface area contributed by atoms with Crippen molar-refractivity contribution in [1.29, 1.82) is 0 Å². The van der Waals surface area contributed by atoms with E-state index >= 15 is 0 Å². The molecule has 1 aliphatic rings. The Balaban J connectivity index is 1.71. The van der Waals surface area contributed by atoms with Gasteiger partial charge in [0.2, 0.25) is 0 Å². The molecule has 1 aliphatic heterocycles. The molecule has 28 heavy (non-hydrogen) atoms. The first-order valence-electron chi connectivity index (χ1n) is 9.22. The maximum atomic E-state index is 5.74. The summed E-state index contributed by atoms with van der Waals surface area (Å²) in [7, 11) is 1.60. The monoisotopic (exact) mass is 378 g/mol. The van der Waals surface area contributed by atoms with E-state index in [2.05, 4.69) is 16.2 Å². The second-order valence-corrected chi connectivity index (χ2v) is 6.49. The molecule has 1 aromatic carbocycles. The molecule has 0 amide bonds. The lowest BCUT2D eigenvalue weighted by molar-refractivity contribution is 0.120. The van der Waals surface area contributed by atoms with Crippen LogP contribution in [0.4, 0.5) is 5.82 Å². The molecule has 0 saturated carbocycles. The molecule has 4 rings (SSSR count). The van der Waals surface area contributed by atoms with Gasteiger partial charge in [0.05, 0.1) is 19.4 Å². The molecule has 3 heterocycles. The molecule has 144 valence electrons. The molecule has 0 aliphatic carbocycles. The molecule has 7 heteroatoms. The first-order chi connectivity index (χ1) is 13.8. The van der Waals surface area contributed by atoms with Gasteiger partial charge in [-0.05, 0) is 31.0 Å². The Morgan fingerprint density at radius 3 is 3.11 bits per heavy atom. The molecule has 1 atom stereocenters. The number of hydrogen-bond donors (Lipinski definition) is 1. The van der Waals surface area contributed by atoms with E-state index in [1.807, 2.05) is 28.8 Å². The van der Waals surface area contributed by atoms with Crippen molar-refractivity contribution in [3.8, 4) is 35.1 Å². The number of aromatic nitrogens is 3. The Kier molecular flexibility index (Phi) is 5.31. The highest BCUT2D eigenvalue weighted by Crippen LogP contribution is 2.35. The molecule has 1 fully saturated rings. The lowest BCUT2D eigenvalue weighted by Gasteiger charge is -2.14. The van der Waals surface area contributed by atoms with Crippen LogP contribution in [0.3, 0.4) is 0 Å². The lowest BCUT2D eigenvalue weighted by atomic mass is 10.1. The van der Waals surface area contributed by atoms with Crippen molar-refractivity contribution in [2.45, 2.75) is 18.9 Å². The minimum absolute atomic E-state index is 0.184. The topological polar surface area (TPSA) is 69.9 Å². The third kappa shape index (κ3) is 3.59. The average molecular weight is 378 g/mol. The van der Waals surface area contributed by atoms with E-state index in [4.69, 9.17) is 25.6 Å². The van der Waals surface area contributed by atoms with Crippen LogP contribution < -0.4 is 14.8 Å². The molecule has 1 unspecified atom stereocenters. The van der Waals surface area contributed by atoms with E-state index in [1.165, 1.54) is 0 Å². The molecular formula is C21H22N4O3. The summed E-state index contributed by atoms with van der Waals surface area (Å²) in [6, 6.07) is 5.69. The molecule has 7 nitrogen and oxygen atoms in total. The fourth-order valence-electron chi connectivity index (χ4n) is 3.35. The number of anilines is 1. The predicted molar refractivity (Wildman–Crippen MR) is 107 cm³/mol. The maximum absolute atomic E-state index is 5.74. The van der Waals surface area contributed by atoms with Gasteiger partial charge in [-0.25, -0.2) is 4.98 Å². The van der Waals surface area contributed by atoms with E-state index in [-0.39, 0.29) is 12.7 Å². The first kappa shape index (κ1) is 18.1. The Morgan fingerprint density at radius 1 is 1.39 bits per heavy atom. The van der Waals surface area contributed by atoms with E-state index in [1.54, 1.807) is 19.5 Å². The SMILES string of the molecule is C#CCOc1ccc(-c2nc3cnccn3c2NCC2CCCO2)cc1OC.